The Hall–Kier alpha value is 0.140. The molecule has 1 aromatic carbocycles. The highest BCUT2D eigenvalue weighted by molar-refractivity contribution is 9.11. The Balaban J connectivity index is 1.95. The second kappa shape index (κ2) is 5.85. The van der Waals surface area contributed by atoms with Gasteiger partial charge in [0.2, 0.25) is 0 Å². The summed E-state index contributed by atoms with van der Waals surface area (Å²) >= 11 is 7.12. The maximum Gasteiger partial charge on any atom is 0.0305 e. The normalized spacial score (nSPS) is 19.1. The molecule has 3 heteroatoms. The molecule has 0 aromatic heterocycles. The summed E-state index contributed by atoms with van der Waals surface area (Å²) in [6.45, 7) is 4.53. The molecule has 1 N–H and O–H groups in total. The van der Waals surface area contributed by atoms with Crippen LogP contribution in [0.1, 0.15) is 44.7 Å². The third kappa shape index (κ3) is 4.08. The maximum atomic E-state index is 3.68. The highest BCUT2D eigenvalue weighted by Crippen LogP contribution is 2.34. The van der Waals surface area contributed by atoms with Crippen LogP contribution in [0.3, 0.4) is 0 Å². The summed E-state index contributed by atoms with van der Waals surface area (Å²) in [7, 11) is 0. The van der Waals surface area contributed by atoms with Crippen LogP contribution in [0.2, 0.25) is 0 Å². The largest absolute Gasteiger partial charge is 0.308 e. The summed E-state index contributed by atoms with van der Waals surface area (Å²) in [6, 6.07) is 7.39. The Morgan fingerprint density at radius 3 is 2.59 bits per heavy atom. The SMILES string of the molecule is CC(CC1CC1)NC(C)c1ccc(Br)cc1Br. The van der Waals surface area contributed by atoms with Crippen molar-refractivity contribution in [3.8, 4) is 0 Å². The topological polar surface area (TPSA) is 12.0 Å². The number of halogens is 2. The molecule has 1 aliphatic carbocycles. The standard InChI is InChI=1S/C14H19Br2N/c1-9(7-11-3-4-11)17-10(2)13-6-5-12(15)8-14(13)16/h5-6,8-11,17H,3-4,7H2,1-2H3. The van der Waals surface area contributed by atoms with Crippen LogP contribution in [0, 0.1) is 5.92 Å². The summed E-state index contributed by atoms with van der Waals surface area (Å²) in [5, 5.41) is 3.68. The molecular weight excluding hydrogens is 342 g/mol. The van der Waals surface area contributed by atoms with Crippen molar-refractivity contribution >= 4 is 31.9 Å². The summed E-state index contributed by atoms with van der Waals surface area (Å²) < 4.78 is 2.29. The third-order valence-electron chi connectivity index (χ3n) is 3.35. The first-order valence-electron chi connectivity index (χ1n) is 6.27. The van der Waals surface area contributed by atoms with Gasteiger partial charge in [0.1, 0.15) is 0 Å². The minimum Gasteiger partial charge on any atom is -0.308 e. The van der Waals surface area contributed by atoms with Crippen molar-refractivity contribution in [2.45, 2.75) is 45.2 Å². The molecule has 0 spiro atoms. The Bertz CT molecular complexity index is 388. The smallest absolute Gasteiger partial charge is 0.0305 e. The van der Waals surface area contributed by atoms with E-state index in [4.69, 9.17) is 0 Å². The molecule has 1 aliphatic rings. The summed E-state index contributed by atoms with van der Waals surface area (Å²) in [4.78, 5) is 0. The van der Waals surface area contributed by atoms with Gasteiger partial charge in [-0.2, -0.15) is 0 Å². The summed E-state index contributed by atoms with van der Waals surface area (Å²) in [5.74, 6) is 0.984. The highest BCUT2D eigenvalue weighted by atomic mass is 79.9. The van der Waals surface area contributed by atoms with Gasteiger partial charge in [-0.1, -0.05) is 50.8 Å². The second-order valence-electron chi connectivity index (χ2n) is 5.13. The van der Waals surface area contributed by atoms with Crippen LogP contribution < -0.4 is 5.32 Å². The molecule has 1 aromatic rings. The molecular formula is C14H19Br2N. The van der Waals surface area contributed by atoms with Crippen LogP contribution in [0.15, 0.2) is 27.1 Å². The molecule has 1 nitrogen and oxygen atoms in total. The predicted molar refractivity (Wildman–Crippen MR) is 80.2 cm³/mol. The lowest BCUT2D eigenvalue weighted by molar-refractivity contribution is 0.438. The van der Waals surface area contributed by atoms with Gasteiger partial charge in [-0.3, -0.25) is 0 Å². The lowest BCUT2D eigenvalue weighted by Gasteiger charge is -2.21. The lowest BCUT2D eigenvalue weighted by Crippen LogP contribution is -2.29. The van der Waals surface area contributed by atoms with E-state index in [1.807, 2.05) is 0 Å². The number of benzene rings is 1. The van der Waals surface area contributed by atoms with Crippen LogP contribution in [0.5, 0.6) is 0 Å². The van der Waals surface area contributed by atoms with Crippen molar-refractivity contribution in [3.05, 3.63) is 32.7 Å². The molecule has 0 radical (unpaired) electrons. The number of hydrogen-bond acceptors (Lipinski definition) is 1. The quantitative estimate of drug-likeness (QED) is 0.774. The van der Waals surface area contributed by atoms with Crippen molar-refractivity contribution in [2.75, 3.05) is 0 Å². The van der Waals surface area contributed by atoms with Crippen LogP contribution >= 0.6 is 31.9 Å². The first-order chi connectivity index (χ1) is 8.06. The third-order valence-corrected chi connectivity index (χ3v) is 4.53. The molecule has 2 unspecified atom stereocenters. The fourth-order valence-electron chi connectivity index (χ4n) is 2.29. The van der Waals surface area contributed by atoms with Crippen molar-refractivity contribution < 1.29 is 0 Å². The van der Waals surface area contributed by atoms with Gasteiger partial charge in [0.05, 0.1) is 0 Å². The summed E-state index contributed by atoms with van der Waals surface area (Å²) in [5.41, 5.74) is 1.33. The molecule has 0 aliphatic heterocycles. The van der Waals surface area contributed by atoms with Crippen LogP contribution in [0.4, 0.5) is 0 Å². The molecule has 2 rings (SSSR count). The van der Waals surface area contributed by atoms with Gasteiger partial charge in [0.25, 0.3) is 0 Å². The van der Waals surface area contributed by atoms with Crippen molar-refractivity contribution in [3.63, 3.8) is 0 Å². The van der Waals surface area contributed by atoms with Crippen molar-refractivity contribution in [2.24, 2.45) is 5.92 Å². The van der Waals surface area contributed by atoms with Gasteiger partial charge >= 0.3 is 0 Å². The predicted octanol–water partition coefficient (Wildman–Crippen LogP) is 5.05. The highest BCUT2D eigenvalue weighted by Gasteiger charge is 2.24. The van der Waals surface area contributed by atoms with E-state index >= 15 is 0 Å². The van der Waals surface area contributed by atoms with E-state index in [0.29, 0.717) is 12.1 Å². The van der Waals surface area contributed by atoms with Crippen molar-refractivity contribution in [1.29, 1.82) is 0 Å². The van der Waals surface area contributed by atoms with E-state index in [9.17, 15) is 0 Å². The molecule has 94 valence electrons. The van der Waals surface area contributed by atoms with Gasteiger partial charge < -0.3 is 5.32 Å². The van der Waals surface area contributed by atoms with E-state index in [2.05, 4.69) is 69.2 Å². The summed E-state index contributed by atoms with van der Waals surface area (Å²) in [6.07, 6.45) is 4.18. The van der Waals surface area contributed by atoms with Gasteiger partial charge in [0, 0.05) is 21.0 Å². The number of rotatable bonds is 5. The van der Waals surface area contributed by atoms with Crippen LogP contribution in [0.25, 0.3) is 0 Å². The zero-order valence-corrected chi connectivity index (χ0v) is 13.5. The second-order valence-corrected chi connectivity index (χ2v) is 6.90. The van der Waals surface area contributed by atoms with Crippen LogP contribution in [-0.4, -0.2) is 6.04 Å². The molecule has 1 fully saturated rings. The number of nitrogens with one attached hydrogen (secondary N) is 1. The molecule has 0 amide bonds. The zero-order valence-electron chi connectivity index (χ0n) is 10.3. The van der Waals surface area contributed by atoms with E-state index < -0.39 is 0 Å². The molecule has 1 saturated carbocycles. The van der Waals surface area contributed by atoms with Gasteiger partial charge in [-0.05, 0) is 43.9 Å². The Morgan fingerprint density at radius 1 is 1.29 bits per heavy atom. The van der Waals surface area contributed by atoms with Crippen molar-refractivity contribution in [1.82, 2.24) is 5.32 Å². The van der Waals surface area contributed by atoms with Crippen LogP contribution in [-0.2, 0) is 0 Å². The van der Waals surface area contributed by atoms with E-state index in [1.165, 1.54) is 29.3 Å². The average molecular weight is 361 g/mol. The minimum absolute atomic E-state index is 0.395. The van der Waals surface area contributed by atoms with Gasteiger partial charge in [-0.15, -0.1) is 0 Å². The first-order valence-corrected chi connectivity index (χ1v) is 7.86. The number of hydrogen-bond donors (Lipinski definition) is 1. The fourth-order valence-corrected chi connectivity index (χ4v) is 3.68. The fraction of sp³-hybridized carbons (Fsp3) is 0.571. The Kier molecular flexibility index (Phi) is 4.67. The minimum atomic E-state index is 0.395. The molecule has 0 saturated heterocycles. The zero-order chi connectivity index (χ0) is 12.4. The molecule has 0 heterocycles. The maximum absolute atomic E-state index is 3.68. The average Bonchev–Trinajstić information content (AvgIpc) is 3.00. The molecule has 2 atom stereocenters. The van der Waals surface area contributed by atoms with E-state index in [1.54, 1.807) is 0 Å². The Morgan fingerprint density at radius 2 is 2.00 bits per heavy atom. The van der Waals surface area contributed by atoms with E-state index in [-0.39, 0.29) is 0 Å². The van der Waals surface area contributed by atoms with Gasteiger partial charge in [-0.25, -0.2) is 0 Å². The Labute approximate surface area is 121 Å². The molecule has 0 bridgehead atoms. The first kappa shape index (κ1) is 13.6. The molecule has 17 heavy (non-hydrogen) atoms. The van der Waals surface area contributed by atoms with E-state index in [0.717, 1.165) is 10.4 Å². The van der Waals surface area contributed by atoms with Gasteiger partial charge in [0.15, 0.2) is 0 Å². The monoisotopic (exact) mass is 359 g/mol. The lowest BCUT2D eigenvalue weighted by atomic mass is 10.1.